The molecule has 0 radical (unpaired) electrons. The first-order valence-corrected chi connectivity index (χ1v) is 9.40. The normalized spacial score (nSPS) is 10.3. The average Bonchev–Trinajstić information content (AvgIpc) is 2.68. The monoisotopic (exact) mass is 388 g/mol. The zero-order chi connectivity index (χ0) is 20.8. The van der Waals surface area contributed by atoms with E-state index in [-0.39, 0.29) is 0 Å². The second-order valence-electron chi connectivity index (χ2n) is 6.94. The molecule has 0 saturated carbocycles. The number of carbonyl (C=O) groups excluding carboxylic acids is 2. The van der Waals surface area contributed by atoms with Gasteiger partial charge in [0.05, 0.1) is 0 Å². The van der Waals surface area contributed by atoms with Crippen molar-refractivity contribution in [3.8, 4) is 5.75 Å². The fourth-order valence-corrected chi connectivity index (χ4v) is 3.14. The summed E-state index contributed by atoms with van der Waals surface area (Å²) in [4.78, 5) is 24.5. The number of aryl methyl sites for hydroxylation is 3. The Labute approximate surface area is 170 Å². The molecule has 29 heavy (non-hydrogen) atoms. The number of anilines is 1. The summed E-state index contributed by atoms with van der Waals surface area (Å²) in [6.07, 6.45) is 0. The zero-order valence-corrected chi connectivity index (χ0v) is 16.8. The van der Waals surface area contributed by atoms with E-state index in [9.17, 15) is 9.59 Å². The van der Waals surface area contributed by atoms with E-state index < -0.39 is 11.9 Å². The van der Waals surface area contributed by atoms with Crippen molar-refractivity contribution in [3.63, 3.8) is 0 Å². The summed E-state index contributed by atoms with van der Waals surface area (Å²) >= 11 is 0. The van der Waals surface area contributed by atoms with E-state index in [4.69, 9.17) is 4.74 Å². The van der Waals surface area contributed by atoms with Crippen molar-refractivity contribution >= 4 is 17.6 Å². The summed E-state index contributed by atoms with van der Waals surface area (Å²) in [7, 11) is 0. The maximum Gasteiger partial charge on any atom is 0.326 e. The Hall–Kier alpha value is -3.60. The number of rotatable bonds is 5. The third kappa shape index (κ3) is 5.23. The van der Waals surface area contributed by atoms with Crippen molar-refractivity contribution < 1.29 is 14.3 Å². The van der Waals surface area contributed by atoms with Gasteiger partial charge in [-0.2, -0.15) is 0 Å². The standard InChI is InChI=1S/C24H24N2O3/c1-16-9-7-8-12-21(16)23(27)26-24(28)25-20-13-17(2)22(18(3)14-20)29-15-19-10-5-4-6-11-19/h4-14H,15H2,1-3H3,(H2,25,26,27,28). The molecule has 0 unspecified atom stereocenters. The van der Waals surface area contributed by atoms with Crippen LogP contribution in [-0.4, -0.2) is 11.9 Å². The molecule has 0 aliphatic rings. The van der Waals surface area contributed by atoms with Crippen LogP contribution in [0.2, 0.25) is 0 Å². The van der Waals surface area contributed by atoms with E-state index in [2.05, 4.69) is 10.6 Å². The van der Waals surface area contributed by atoms with Gasteiger partial charge in [-0.25, -0.2) is 4.79 Å². The number of imide groups is 1. The molecule has 5 heteroatoms. The third-order valence-electron chi connectivity index (χ3n) is 4.56. The fourth-order valence-electron chi connectivity index (χ4n) is 3.14. The minimum Gasteiger partial charge on any atom is -0.488 e. The molecule has 148 valence electrons. The van der Waals surface area contributed by atoms with Crippen molar-refractivity contribution in [2.24, 2.45) is 0 Å². The van der Waals surface area contributed by atoms with Gasteiger partial charge in [-0.05, 0) is 61.2 Å². The molecule has 3 aromatic carbocycles. The predicted octanol–water partition coefficient (Wildman–Crippen LogP) is 5.15. The van der Waals surface area contributed by atoms with Crippen LogP contribution in [0, 0.1) is 20.8 Å². The topological polar surface area (TPSA) is 67.4 Å². The molecule has 0 atom stereocenters. The number of carbonyl (C=O) groups is 2. The number of amides is 3. The van der Waals surface area contributed by atoms with Gasteiger partial charge in [0.2, 0.25) is 0 Å². The largest absolute Gasteiger partial charge is 0.488 e. The van der Waals surface area contributed by atoms with Gasteiger partial charge in [0.1, 0.15) is 12.4 Å². The van der Waals surface area contributed by atoms with E-state index in [0.29, 0.717) is 17.9 Å². The maximum atomic E-state index is 12.3. The van der Waals surface area contributed by atoms with Crippen LogP contribution in [0.4, 0.5) is 10.5 Å². The van der Waals surface area contributed by atoms with Crippen molar-refractivity contribution in [1.29, 1.82) is 0 Å². The van der Waals surface area contributed by atoms with Crippen LogP contribution in [0.5, 0.6) is 5.75 Å². The molecular weight excluding hydrogens is 364 g/mol. The fraction of sp³-hybridized carbons (Fsp3) is 0.167. The molecule has 0 aromatic heterocycles. The summed E-state index contributed by atoms with van der Waals surface area (Å²) < 4.78 is 5.97. The first kappa shape index (κ1) is 20.1. The third-order valence-corrected chi connectivity index (χ3v) is 4.56. The molecule has 0 aliphatic carbocycles. The maximum absolute atomic E-state index is 12.3. The predicted molar refractivity (Wildman–Crippen MR) is 114 cm³/mol. The number of hydrogen-bond acceptors (Lipinski definition) is 3. The van der Waals surface area contributed by atoms with Gasteiger partial charge in [-0.3, -0.25) is 10.1 Å². The van der Waals surface area contributed by atoms with Crippen LogP contribution in [0.25, 0.3) is 0 Å². The Balaban J connectivity index is 1.64. The van der Waals surface area contributed by atoms with Gasteiger partial charge in [-0.15, -0.1) is 0 Å². The quantitative estimate of drug-likeness (QED) is 0.635. The van der Waals surface area contributed by atoms with Gasteiger partial charge >= 0.3 is 6.03 Å². The summed E-state index contributed by atoms with van der Waals surface area (Å²) in [5.41, 5.74) is 4.77. The molecule has 0 heterocycles. The average molecular weight is 388 g/mol. The van der Waals surface area contributed by atoms with Crippen LogP contribution in [0.15, 0.2) is 66.7 Å². The van der Waals surface area contributed by atoms with Crippen molar-refractivity contribution in [3.05, 3.63) is 94.5 Å². The number of nitrogens with one attached hydrogen (secondary N) is 2. The second-order valence-corrected chi connectivity index (χ2v) is 6.94. The van der Waals surface area contributed by atoms with Crippen LogP contribution < -0.4 is 15.4 Å². The smallest absolute Gasteiger partial charge is 0.326 e. The van der Waals surface area contributed by atoms with Crippen LogP contribution in [0.1, 0.15) is 32.6 Å². The van der Waals surface area contributed by atoms with E-state index in [1.54, 1.807) is 12.1 Å². The summed E-state index contributed by atoms with van der Waals surface area (Å²) in [5, 5.41) is 5.08. The Morgan fingerprint density at radius 2 is 1.45 bits per heavy atom. The first-order chi connectivity index (χ1) is 13.9. The molecule has 3 aromatic rings. The molecule has 0 bridgehead atoms. The van der Waals surface area contributed by atoms with Crippen LogP contribution in [-0.2, 0) is 6.61 Å². The Kier molecular flexibility index (Phi) is 6.29. The van der Waals surface area contributed by atoms with Gasteiger partial charge in [0.25, 0.3) is 5.91 Å². The summed E-state index contributed by atoms with van der Waals surface area (Å²) in [5.74, 6) is 0.354. The van der Waals surface area contributed by atoms with E-state index >= 15 is 0 Å². The minimum atomic E-state index is -0.574. The molecule has 5 nitrogen and oxygen atoms in total. The van der Waals surface area contributed by atoms with Crippen molar-refractivity contribution in [2.45, 2.75) is 27.4 Å². The van der Waals surface area contributed by atoms with Crippen LogP contribution >= 0.6 is 0 Å². The minimum absolute atomic E-state index is 0.433. The molecule has 3 rings (SSSR count). The number of hydrogen-bond donors (Lipinski definition) is 2. The van der Waals surface area contributed by atoms with Gasteiger partial charge in [0.15, 0.2) is 0 Å². The summed E-state index contributed by atoms with van der Waals surface area (Å²) in [6, 6.07) is 20.1. The highest BCUT2D eigenvalue weighted by atomic mass is 16.5. The lowest BCUT2D eigenvalue weighted by Gasteiger charge is -2.15. The van der Waals surface area contributed by atoms with Crippen molar-refractivity contribution in [2.75, 3.05) is 5.32 Å². The number of urea groups is 1. The summed E-state index contributed by atoms with van der Waals surface area (Å²) in [6.45, 7) is 6.15. The van der Waals surface area contributed by atoms with E-state index in [1.807, 2.05) is 75.4 Å². The lowest BCUT2D eigenvalue weighted by molar-refractivity contribution is 0.0966. The van der Waals surface area contributed by atoms with Gasteiger partial charge in [-0.1, -0.05) is 48.5 Å². The lowest BCUT2D eigenvalue weighted by atomic mass is 10.1. The number of benzene rings is 3. The first-order valence-electron chi connectivity index (χ1n) is 9.40. The van der Waals surface area contributed by atoms with Gasteiger partial charge < -0.3 is 10.1 Å². The molecule has 0 spiro atoms. The van der Waals surface area contributed by atoms with Gasteiger partial charge in [0, 0.05) is 11.3 Å². The van der Waals surface area contributed by atoms with Crippen molar-refractivity contribution in [1.82, 2.24) is 5.32 Å². The van der Waals surface area contributed by atoms with E-state index in [0.717, 1.165) is 28.0 Å². The highest BCUT2D eigenvalue weighted by Crippen LogP contribution is 2.28. The Morgan fingerprint density at radius 3 is 2.10 bits per heavy atom. The molecule has 3 amide bonds. The van der Waals surface area contributed by atoms with Crippen LogP contribution in [0.3, 0.4) is 0 Å². The lowest BCUT2D eigenvalue weighted by Crippen LogP contribution is -2.34. The molecule has 0 saturated heterocycles. The Bertz CT molecular complexity index is 1010. The zero-order valence-electron chi connectivity index (χ0n) is 16.8. The Morgan fingerprint density at radius 1 is 0.828 bits per heavy atom. The molecule has 2 N–H and O–H groups in total. The molecular formula is C24H24N2O3. The molecule has 0 fully saturated rings. The molecule has 0 aliphatic heterocycles. The number of ether oxygens (including phenoxy) is 1. The SMILES string of the molecule is Cc1ccccc1C(=O)NC(=O)Nc1cc(C)c(OCc2ccccc2)c(C)c1. The van der Waals surface area contributed by atoms with E-state index in [1.165, 1.54) is 0 Å². The highest BCUT2D eigenvalue weighted by Gasteiger charge is 2.13. The second kappa shape index (κ2) is 9.06. The highest BCUT2D eigenvalue weighted by molar-refractivity contribution is 6.08.